The summed E-state index contributed by atoms with van der Waals surface area (Å²) in [7, 11) is -2.24. The predicted octanol–water partition coefficient (Wildman–Crippen LogP) is 4.71. The summed E-state index contributed by atoms with van der Waals surface area (Å²) in [5.74, 6) is -1.09. The fourth-order valence-corrected chi connectivity index (χ4v) is 5.65. The number of hydrogen-bond donors (Lipinski definition) is 0. The third-order valence-corrected chi connectivity index (χ3v) is 7.72. The Morgan fingerprint density at radius 1 is 1.15 bits per heavy atom. The van der Waals surface area contributed by atoms with Crippen LogP contribution >= 0.6 is 11.6 Å². The second-order valence-corrected chi connectivity index (χ2v) is 10.4. The third-order valence-electron chi connectivity index (χ3n) is 5.70. The van der Waals surface area contributed by atoms with Gasteiger partial charge in [0.25, 0.3) is 10.0 Å². The molecule has 12 heteroatoms. The molecule has 1 fully saturated rings. The Labute approximate surface area is 198 Å². The highest BCUT2D eigenvalue weighted by molar-refractivity contribution is 7.89. The van der Waals surface area contributed by atoms with Crippen LogP contribution in [0.3, 0.4) is 0 Å². The normalized spacial score (nSPS) is 19.5. The van der Waals surface area contributed by atoms with E-state index < -0.39 is 27.6 Å². The zero-order valence-corrected chi connectivity index (χ0v) is 19.4. The Hall–Kier alpha value is -2.63. The van der Waals surface area contributed by atoms with Crippen molar-refractivity contribution in [1.29, 1.82) is 0 Å². The number of rotatable bonds is 6. The Morgan fingerprint density at radius 3 is 2.44 bits per heavy atom. The van der Waals surface area contributed by atoms with E-state index in [2.05, 4.69) is 4.98 Å². The average Bonchev–Trinajstić information content (AvgIpc) is 3.40. The largest absolute Gasteiger partial charge is 0.492 e. The van der Waals surface area contributed by atoms with Gasteiger partial charge in [-0.2, -0.15) is 17.5 Å². The molecule has 182 valence electrons. The molecular weight excluding hydrogens is 498 g/mol. The molecule has 4 rings (SSSR count). The fourth-order valence-electron chi connectivity index (χ4n) is 3.93. The van der Waals surface area contributed by atoms with Gasteiger partial charge >= 0.3 is 6.18 Å². The van der Waals surface area contributed by atoms with Crippen molar-refractivity contribution < 1.29 is 30.7 Å². The molecule has 2 atom stereocenters. The lowest BCUT2D eigenvalue weighted by Gasteiger charge is -2.20. The number of benzene rings is 2. The third kappa shape index (κ3) is 5.06. The van der Waals surface area contributed by atoms with Crippen LogP contribution in [-0.2, 0) is 23.2 Å². The van der Waals surface area contributed by atoms with Crippen LogP contribution in [0.4, 0.5) is 17.6 Å². The molecule has 0 bridgehead atoms. The van der Waals surface area contributed by atoms with Gasteiger partial charge in [0.05, 0.1) is 23.5 Å². The molecule has 1 aliphatic rings. The van der Waals surface area contributed by atoms with Gasteiger partial charge in [0, 0.05) is 38.2 Å². The van der Waals surface area contributed by atoms with E-state index in [9.17, 15) is 26.0 Å². The van der Waals surface area contributed by atoms with E-state index in [0.29, 0.717) is 5.56 Å². The van der Waals surface area contributed by atoms with Gasteiger partial charge in [-0.25, -0.2) is 17.8 Å². The fraction of sp³-hybridized carbons (Fsp3) is 0.318. The van der Waals surface area contributed by atoms with E-state index >= 15 is 0 Å². The van der Waals surface area contributed by atoms with Gasteiger partial charge in [-0.1, -0.05) is 23.7 Å². The Kier molecular flexibility index (Phi) is 6.63. The summed E-state index contributed by atoms with van der Waals surface area (Å²) in [6, 6.07) is 8.51. The first-order valence-electron chi connectivity index (χ1n) is 10.2. The van der Waals surface area contributed by atoms with Crippen LogP contribution in [0.2, 0.25) is 5.02 Å². The van der Waals surface area contributed by atoms with Crippen LogP contribution in [0.5, 0.6) is 5.75 Å². The zero-order chi connectivity index (χ0) is 24.7. The predicted molar refractivity (Wildman–Crippen MR) is 117 cm³/mol. The molecule has 2 unspecified atom stereocenters. The van der Waals surface area contributed by atoms with Gasteiger partial charge in [-0.15, -0.1) is 0 Å². The molecule has 2 aromatic carbocycles. The summed E-state index contributed by atoms with van der Waals surface area (Å²) in [5.41, 5.74) is -0.185. The molecule has 2 heterocycles. The Morgan fingerprint density at radius 2 is 1.85 bits per heavy atom. The number of aromatic nitrogens is 2. The molecule has 1 aliphatic heterocycles. The van der Waals surface area contributed by atoms with Gasteiger partial charge in [0.15, 0.2) is 5.03 Å². The smallest absolute Gasteiger partial charge is 0.416 e. The number of sulfonamides is 1. The highest BCUT2D eigenvalue weighted by Crippen LogP contribution is 2.38. The van der Waals surface area contributed by atoms with E-state index in [0.717, 1.165) is 18.2 Å². The maximum atomic E-state index is 13.5. The van der Waals surface area contributed by atoms with Crippen molar-refractivity contribution in [3.8, 4) is 5.75 Å². The first kappa shape index (κ1) is 24.5. The number of aryl methyl sites for hydroxylation is 1. The molecule has 1 saturated heterocycles. The Balaban J connectivity index is 1.58. The van der Waals surface area contributed by atoms with Crippen molar-refractivity contribution in [2.24, 2.45) is 13.0 Å². The molecule has 34 heavy (non-hydrogen) atoms. The van der Waals surface area contributed by atoms with Crippen LogP contribution in [-0.4, -0.2) is 42.0 Å². The minimum atomic E-state index is -4.54. The van der Waals surface area contributed by atoms with Crippen molar-refractivity contribution in [3.63, 3.8) is 0 Å². The molecule has 3 aromatic rings. The molecule has 0 radical (unpaired) electrons. The summed E-state index contributed by atoms with van der Waals surface area (Å²) in [5, 5.41) is -0.302. The molecule has 0 amide bonds. The van der Waals surface area contributed by atoms with Crippen LogP contribution in [0.15, 0.2) is 60.0 Å². The monoisotopic (exact) mass is 517 g/mol. The molecular formula is C22H20ClF4N3O3S. The molecule has 0 saturated carbocycles. The van der Waals surface area contributed by atoms with Crippen molar-refractivity contribution in [3.05, 3.63) is 77.0 Å². The first-order chi connectivity index (χ1) is 15.9. The number of halogens is 5. The van der Waals surface area contributed by atoms with Gasteiger partial charge in [-0.3, -0.25) is 0 Å². The molecule has 6 nitrogen and oxygen atoms in total. The van der Waals surface area contributed by atoms with Gasteiger partial charge in [-0.05, 0) is 35.9 Å². The lowest BCUT2D eigenvalue weighted by molar-refractivity contribution is -0.137. The molecule has 0 spiro atoms. The van der Waals surface area contributed by atoms with E-state index in [1.54, 1.807) is 19.2 Å². The zero-order valence-electron chi connectivity index (χ0n) is 17.8. The SMILES string of the molecule is Cn1cnc(S(=O)(=O)N2CC(COc3ccc(C(F)(F)F)cc3Cl)C(c3ccc(F)cc3)C2)c1. The van der Waals surface area contributed by atoms with Gasteiger partial charge in [0.1, 0.15) is 11.6 Å². The number of nitrogens with zero attached hydrogens (tertiary/aromatic N) is 3. The summed E-state index contributed by atoms with van der Waals surface area (Å²) in [4.78, 5) is 3.94. The maximum Gasteiger partial charge on any atom is 0.416 e. The molecule has 0 aliphatic carbocycles. The van der Waals surface area contributed by atoms with Gasteiger partial charge < -0.3 is 9.30 Å². The van der Waals surface area contributed by atoms with E-state index in [-0.39, 0.29) is 47.3 Å². The van der Waals surface area contributed by atoms with Gasteiger partial charge in [0.2, 0.25) is 0 Å². The lowest BCUT2D eigenvalue weighted by Crippen LogP contribution is -2.30. The quantitative estimate of drug-likeness (QED) is 0.444. The van der Waals surface area contributed by atoms with Crippen LogP contribution in [0.1, 0.15) is 17.0 Å². The average molecular weight is 518 g/mol. The van der Waals surface area contributed by atoms with Crippen molar-refractivity contribution in [1.82, 2.24) is 13.9 Å². The van der Waals surface area contributed by atoms with Crippen molar-refractivity contribution >= 4 is 21.6 Å². The summed E-state index contributed by atoms with van der Waals surface area (Å²) < 4.78 is 86.9. The summed E-state index contributed by atoms with van der Waals surface area (Å²) >= 11 is 5.99. The highest BCUT2D eigenvalue weighted by atomic mass is 35.5. The number of hydrogen-bond acceptors (Lipinski definition) is 4. The minimum Gasteiger partial charge on any atom is -0.492 e. The van der Waals surface area contributed by atoms with Crippen molar-refractivity contribution in [2.75, 3.05) is 19.7 Å². The van der Waals surface area contributed by atoms with Crippen molar-refractivity contribution in [2.45, 2.75) is 17.1 Å². The number of imidazole rings is 1. The number of alkyl halides is 3. The maximum absolute atomic E-state index is 13.5. The van der Waals surface area contributed by atoms with E-state index in [1.165, 1.54) is 33.5 Å². The second kappa shape index (κ2) is 9.20. The summed E-state index contributed by atoms with van der Waals surface area (Å²) in [6.45, 7) is 0.180. The van der Waals surface area contributed by atoms with E-state index in [1.807, 2.05) is 0 Å². The second-order valence-electron chi connectivity index (χ2n) is 8.07. The molecule has 0 N–H and O–H groups in total. The van der Waals surface area contributed by atoms with Crippen LogP contribution < -0.4 is 4.74 Å². The summed E-state index contributed by atoms with van der Waals surface area (Å²) in [6.07, 6.45) is -1.76. The van der Waals surface area contributed by atoms with Crippen LogP contribution in [0, 0.1) is 11.7 Å². The van der Waals surface area contributed by atoms with E-state index in [4.69, 9.17) is 16.3 Å². The van der Waals surface area contributed by atoms with Crippen LogP contribution in [0.25, 0.3) is 0 Å². The Bertz CT molecular complexity index is 1280. The topological polar surface area (TPSA) is 64.4 Å². The lowest BCUT2D eigenvalue weighted by atomic mass is 9.89. The molecule has 1 aromatic heterocycles. The standard InChI is InChI=1S/C22H20ClF4N3O3S/c1-29-11-21(28-13-29)34(31,32)30-9-15(18(10-30)14-2-5-17(24)6-3-14)12-33-20-7-4-16(8-19(20)23)22(25,26)27/h2-8,11,13,15,18H,9-10,12H2,1H3. The minimum absolute atomic E-state index is 0.0125. The highest BCUT2D eigenvalue weighted by Gasteiger charge is 2.41. The first-order valence-corrected chi connectivity index (χ1v) is 12.0. The number of ether oxygens (including phenoxy) is 1.